The summed E-state index contributed by atoms with van der Waals surface area (Å²) >= 11 is 0. The number of esters is 1. The van der Waals surface area contributed by atoms with Gasteiger partial charge in [0, 0.05) is 25.1 Å². The zero-order valence-electron chi connectivity index (χ0n) is 14.2. The zero-order valence-corrected chi connectivity index (χ0v) is 14.2. The van der Waals surface area contributed by atoms with Gasteiger partial charge in [0.05, 0.1) is 13.0 Å². The molecule has 134 valence electrons. The van der Waals surface area contributed by atoms with Gasteiger partial charge in [-0.1, -0.05) is 25.1 Å². The number of hydrogen-bond donors (Lipinski definition) is 1. The summed E-state index contributed by atoms with van der Waals surface area (Å²) in [7, 11) is 1.27. The average Bonchev–Trinajstić information content (AvgIpc) is 2.63. The molecule has 1 aromatic carbocycles. The van der Waals surface area contributed by atoms with Gasteiger partial charge < -0.3 is 19.2 Å². The summed E-state index contributed by atoms with van der Waals surface area (Å²) in [4.78, 5) is 38.0. The molecule has 25 heavy (non-hydrogen) atoms. The van der Waals surface area contributed by atoms with Crippen molar-refractivity contribution in [2.45, 2.75) is 13.3 Å². The topological polar surface area (TPSA) is 97.1 Å². The van der Waals surface area contributed by atoms with Crippen molar-refractivity contribution >= 4 is 22.8 Å². The Morgan fingerprint density at radius 3 is 2.72 bits per heavy atom. The van der Waals surface area contributed by atoms with Crippen molar-refractivity contribution in [2.24, 2.45) is 5.92 Å². The van der Waals surface area contributed by atoms with E-state index in [2.05, 4.69) is 4.74 Å². The van der Waals surface area contributed by atoms with Crippen LogP contribution < -0.4 is 5.63 Å². The van der Waals surface area contributed by atoms with Gasteiger partial charge in [0.1, 0.15) is 11.1 Å². The standard InChI is InChI=1S/C18H21NO6/c1-12(17(22)24-2)11-19(8-5-9-20)16(21)14-10-13-6-3-4-7-15(13)25-18(14)23/h3-4,6-7,10,12,20H,5,8-9,11H2,1-2H3. The number of aliphatic hydroxyl groups excluding tert-OH is 1. The lowest BCUT2D eigenvalue weighted by molar-refractivity contribution is -0.145. The first-order valence-electron chi connectivity index (χ1n) is 7.98. The van der Waals surface area contributed by atoms with Crippen molar-refractivity contribution in [1.29, 1.82) is 0 Å². The van der Waals surface area contributed by atoms with E-state index in [9.17, 15) is 14.4 Å². The molecule has 0 aliphatic heterocycles. The summed E-state index contributed by atoms with van der Waals surface area (Å²) in [5, 5.41) is 9.68. The lowest BCUT2D eigenvalue weighted by atomic mass is 10.1. The van der Waals surface area contributed by atoms with Gasteiger partial charge in [-0.05, 0) is 18.6 Å². The number of nitrogens with zero attached hydrogens (tertiary/aromatic N) is 1. The second-order valence-corrected chi connectivity index (χ2v) is 5.74. The number of carbonyl (C=O) groups excluding carboxylic acids is 2. The summed E-state index contributed by atoms with van der Waals surface area (Å²) in [5.41, 5.74) is -0.439. The molecule has 0 saturated carbocycles. The van der Waals surface area contributed by atoms with E-state index in [1.54, 1.807) is 31.2 Å². The second-order valence-electron chi connectivity index (χ2n) is 5.74. The first-order chi connectivity index (χ1) is 12.0. The fourth-order valence-electron chi connectivity index (χ4n) is 2.53. The number of para-hydroxylation sites is 1. The van der Waals surface area contributed by atoms with Crippen LogP contribution in [0.1, 0.15) is 23.7 Å². The van der Waals surface area contributed by atoms with Crippen LogP contribution in [0.2, 0.25) is 0 Å². The molecule has 0 fully saturated rings. The van der Waals surface area contributed by atoms with Gasteiger partial charge in [-0.15, -0.1) is 0 Å². The molecule has 2 rings (SSSR count). The van der Waals surface area contributed by atoms with Crippen molar-refractivity contribution in [3.8, 4) is 0 Å². The predicted molar refractivity (Wildman–Crippen MR) is 91.3 cm³/mol. The SMILES string of the molecule is COC(=O)C(C)CN(CCCO)C(=O)c1cc2ccccc2oc1=O. The number of fused-ring (bicyclic) bond motifs is 1. The molecule has 0 bridgehead atoms. The maximum atomic E-state index is 12.8. The van der Waals surface area contributed by atoms with E-state index in [0.29, 0.717) is 17.4 Å². The normalized spacial score (nSPS) is 12.0. The molecule has 1 N–H and O–H groups in total. The highest BCUT2D eigenvalue weighted by Crippen LogP contribution is 2.15. The highest BCUT2D eigenvalue weighted by molar-refractivity contribution is 5.96. The van der Waals surface area contributed by atoms with Crippen LogP contribution in [0.15, 0.2) is 39.5 Å². The molecule has 0 spiro atoms. The van der Waals surface area contributed by atoms with Crippen LogP contribution in [0.25, 0.3) is 11.0 Å². The highest BCUT2D eigenvalue weighted by atomic mass is 16.5. The summed E-state index contributed by atoms with van der Waals surface area (Å²) in [6, 6.07) is 8.38. The molecule has 0 aliphatic carbocycles. The number of methoxy groups -OCH3 is 1. The van der Waals surface area contributed by atoms with E-state index >= 15 is 0 Å². The lowest BCUT2D eigenvalue weighted by Crippen LogP contribution is -2.40. The number of aliphatic hydroxyl groups is 1. The molecule has 1 atom stereocenters. The molecular formula is C18H21NO6. The van der Waals surface area contributed by atoms with Gasteiger partial charge in [-0.3, -0.25) is 9.59 Å². The van der Waals surface area contributed by atoms with Crippen LogP contribution in [0, 0.1) is 5.92 Å². The largest absolute Gasteiger partial charge is 0.469 e. The minimum Gasteiger partial charge on any atom is -0.469 e. The van der Waals surface area contributed by atoms with Crippen LogP contribution in [0.4, 0.5) is 0 Å². The van der Waals surface area contributed by atoms with Crippen LogP contribution in [0.3, 0.4) is 0 Å². The summed E-state index contributed by atoms with van der Waals surface area (Å²) in [6.45, 7) is 1.82. The Morgan fingerprint density at radius 2 is 2.04 bits per heavy atom. The number of amides is 1. The number of ether oxygens (including phenoxy) is 1. The molecule has 0 saturated heterocycles. The second kappa shape index (κ2) is 8.43. The fourth-order valence-corrected chi connectivity index (χ4v) is 2.53. The Balaban J connectivity index is 2.33. The number of carbonyl (C=O) groups is 2. The van der Waals surface area contributed by atoms with E-state index in [4.69, 9.17) is 9.52 Å². The van der Waals surface area contributed by atoms with Gasteiger partial charge >= 0.3 is 11.6 Å². The van der Waals surface area contributed by atoms with Crippen molar-refractivity contribution < 1.29 is 23.8 Å². The first-order valence-corrected chi connectivity index (χ1v) is 7.98. The van der Waals surface area contributed by atoms with Crippen LogP contribution in [-0.4, -0.2) is 48.7 Å². The average molecular weight is 347 g/mol. The van der Waals surface area contributed by atoms with Crippen LogP contribution >= 0.6 is 0 Å². The van der Waals surface area contributed by atoms with Gasteiger partial charge in [0.2, 0.25) is 0 Å². The molecule has 1 amide bonds. The molecule has 7 nitrogen and oxygen atoms in total. The summed E-state index contributed by atoms with van der Waals surface area (Å²) < 4.78 is 9.88. The van der Waals surface area contributed by atoms with Crippen LogP contribution in [-0.2, 0) is 9.53 Å². The Bertz CT molecular complexity index is 813. The Morgan fingerprint density at radius 1 is 1.32 bits per heavy atom. The van der Waals surface area contributed by atoms with Gasteiger partial charge in [-0.25, -0.2) is 4.79 Å². The van der Waals surface area contributed by atoms with E-state index in [0.717, 1.165) is 0 Å². The minimum atomic E-state index is -0.733. The number of rotatable bonds is 7. The zero-order chi connectivity index (χ0) is 18.4. The number of benzene rings is 1. The monoisotopic (exact) mass is 347 g/mol. The Labute approximate surface area is 144 Å². The molecule has 2 aromatic rings. The molecule has 0 aliphatic rings. The van der Waals surface area contributed by atoms with Crippen molar-refractivity contribution in [3.63, 3.8) is 0 Å². The molecule has 1 aromatic heterocycles. The van der Waals surface area contributed by atoms with Gasteiger partial charge in [0.25, 0.3) is 5.91 Å². The molecule has 0 radical (unpaired) electrons. The molecule has 1 heterocycles. The van der Waals surface area contributed by atoms with Crippen molar-refractivity contribution in [1.82, 2.24) is 4.90 Å². The predicted octanol–water partition coefficient (Wildman–Crippen LogP) is 1.43. The first kappa shape index (κ1) is 18.7. The maximum absolute atomic E-state index is 12.8. The van der Waals surface area contributed by atoms with E-state index in [1.165, 1.54) is 18.1 Å². The van der Waals surface area contributed by atoms with E-state index in [1.807, 2.05) is 0 Å². The van der Waals surface area contributed by atoms with Crippen molar-refractivity contribution in [3.05, 3.63) is 46.3 Å². The smallest absolute Gasteiger partial charge is 0.349 e. The Hall–Kier alpha value is -2.67. The number of hydrogen-bond acceptors (Lipinski definition) is 6. The molecule has 7 heteroatoms. The van der Waals surface area contributed by atoms with E-state index in [-0.39, 0.29) is 25.3 Å². The molecular weight excluding hydrogens is 326 g/mol. The van der Waals surface area contributed by atoms with Crippen LogP contribution in [0.5, 0.6) is 0 Å². The third-order valence-electron chi connectivity index (χ3n) is 3.84. The maximum Gasteiger partial charge on any atom is 0.349 e. The van der Waals surface area contributed by atoms with Gasteiger partial charge in [0.15, 0.2) is 0 Å². The third-order valence-corrected chi connectivity index (χ3v) is 3.84. The summed E-state index contributed by atoms with van der Waals surface area (Å²) in [6.07, 6.45) is 0.332. The lowest BCUT2D eigenvalue weighted by Gasteiger charge is -2.24. The van der Waals surface area contributed by atoms with Crippen molar-refractivity contribution in [2.75, 3.05) is 26.8 Å². The molecule has 1 unspecified atom stereocenters. The third kappa shape index (κ3) is 4.45. The quantitative estimate of drug-likeness (QED) is 0.601. The summed E-state index contributed by atoms with van der Waals surface area (Å²) in [5.74, 6) is -1.55. The fraction of sp³-hybridized carbons (Fsp3) is 0.389. The van der Waals surface area contributed by atoms with E-state index < -0.39 is 23.4 Å². The highest BCUT2D eigenvalue weighted by Gasteiger charge is 2.24. The van der Waals surface area contributed by atoms with Gasteiger partial charge in [-0.2, -0.15) is 0 Å². The Kier molecular flexibility index (Phi) is 6.30. The minimum absolute atomic E-state index is 0.0811.